The second kappa shape index (κ2) is 5.93. The van der Waals surface area contributed by atoms with Crippen LogP contribution in [-0.2, 0) is 11.3 Å². The Morgan fingerprint density at radius 3 is 3.05 bits per heavy atom. The topological polar surface area (TPSA) is 24.5 Å². The average molecular weight is 260 g/mol. The Hall–Kier alpha value is -1.06. The third-order valence-corrected chi connectivity index (χ3v) is 4.43. The van der Waals surface area contributed by atoms with Crippen LogP contribution in [0.3, 0.4) is 0 Å². The van der Waals surface area contributed by atoms with Gasteiger partial charge in [-0.1, -0.05) is 18.2 Å². The number of rotatable bonds is 5. The summed E-state index contributed by atoms with van der Waals surface area (Å²) in [5.41, 5.74) is 2.54. The minimum atomic E-state index is 0.616. The van der Waals surface area contributed by atoms with Crippen molar-refractivity contribution in [2.24, 2.45) is 0 Å². The highest BCUT2D eigenvalue weighted by atomic mass is 16.5. The van der Waals surface area contributed by atoms with E-state index in [9.17, 15) is 0 Å². The minimum Gasteiger partial charge on any atom is -0.380 e. The molecule has 2 unspecified atom stereocenters. The van der Waals surface area contributed by atoms with Crippen molar-refractivity contribution in [3.05, 3.63) is 29.8 Å². The Morgan fingerprint density at radius 1 is 1.26 bits per heavy atom. The third-order valence-electron chi connectivity index (χ3n) is 4.43. The van der Waals surface area contributed by atoms with Crippen molar-refractivity contribution in [3.63, 3.8) is 0 Å². The number of ether oxygens (including phenoxy) is 1. The highest BCUT2D eigenvalue weighted by Crippen LogP contribution is 2.31. The van der Waals surface area contributed by atoms with Gasteiger partial charge in [-0.05, 0) is 38.8 Å². The summed E-state index contributed by atoms with van der Waals surface area (Å²) >= 11 is 0. The summed E-state index contributed by atoms with van der Waals surface area (Å²) in [6.45, 7) is 6.08. The molecule has 19 heavy (non-hydrogen) atoms. The maximum atomic E-state index is 5.56. The predicted molar refractivity (Wildman–Crippen MR) is 78.4 cm³/mol. The van der Waals surface area contributed by atoms with Crippen LogP contribution in [0.5, 0.6) is 0 Å². The molecule has 2 aliphatic heterocycles. The van der Waals surface area contributed by atoms with Gasteiger partial charge in [0.2, 0.25) is 0 Å². The van der Waals surface area contributed by atoms with E-state index in [1.165, 1.54) is 43.6 Å². The van der Waals surface area contributed by atoms with E-state index in [1.54, 1.807) is 0 Å². The molecular formula is C16H24N2O. The van der Waals surface area contributed by atoms with Gasteiger partial charge in [-0.3, -0.25) is 4.90 Å². The van der Waals surface area contributed by atoms with Crippen LogP contribution in [0.1, 0.15) is 31.7 Å². The molecule has 0 saturated carbocycles. The van der Waals surface area contributed by atoms with Crippen molar-refractivity contribution in [2.45, 2.75) is 44.9 Å². The summed E-state index contributed by atoms with van der Waals surface area (Å²) in [5.74, 6) is 0. The van der Waals surface area contributed by atoms with Gasteiger partial charge in [0.05, 0.1) is 6.61 Å². The first kappa shape index (κ1) is 12.9. The molecule has 0 amide bonds. The molecule has 0 radical (unpaired) electrons. The maximum Gasteiger partial charge on any atom is 0.0736 e. The van der Waals surface area contributed by atoms with Crippen LogP contribution < -0.4 is 5.32 Å². The van der Waals surface area contributed by atoms with Crippen molar-refractivity contribution >= 4 is 5.69 Å². The summed E-state index contributed by atoms with van der Waals surface area (Å²) in [4.78, 5) is 2.64. The lowest BCUT2D eigenvalue weighted by Crippen LogP contribution is -2.34. The van der Waals surface area contributed by atoms with Gasteiger partial charge in [0.25, 0.3) is 0 Å². The standard InChI is InChI=1S/C16H24N2O/c1-2-19-12-13-6-3-4-7-14(13)17-15-9-11-18-10-5-8-16(15)18/h3-4,6-7,15-17H,2,5,8-12H2,1H3. The molecule has 1 aromatic carbocycles. The van der Waals surface area contributed by atoms with Crippen molar-refractivity contribution in [1.82, 2.24) is 4.90 Å². The van der Waals surface area contributed by atoms with Gasteiger partial charge in [-0.15, -0.1) is 0 Å². The second-order valence-corrected chi connectivity index (χ2v) is 5.58. The van der Waals surface area contributed by atoms with Crippen LogP contribution in [0.4, 0.5) is 5.69 Å². The van der Waals surface area contributed by atoms with E-state index in [0.29, 0.717) is 12.6 Å². The lowest BCUT2D eigenvalue weighted by molar-refractivity contribution is 0.134. The van der Waals surface area contributed by atoms with Crippen LogP contribution in [-0.4, -0.2) is 36.7 Å². The maximum absolute atomic E-state index is 5.56. The lowest BCUT2D eigenvalue weighted by atomic mass is 10.1. The quantitative estimate of drug-likeness (QED) is 0.881. The Morgan fingerprint density at radius 2 is 2.16 bits per heavy atom. The van der Waals surface area contributed by atoms with Crippen LogP contribution in [0.25, 0.3) is 0 Å². The number of benzene rings is 1. The lowest BCUT2D eigenvalue weighted by Gasteiger charge is -2.23. The first-order valence-electron chi connectivity index (χ1n) is 7.54. The van der Waals surface area contributed by atoms with E-state index >= 15 is 0 Å². The number of hydrogen-bond donors (Lipinski definition) is 1. The van der Waals surface area contributed by atoms with Crippen molar-refractivity contribution < 1.29 is 4.74 Å². The fourth-order valence-electron chi connectivity index (χ4n) is 3.45. The molecule has 0 spiro atoms. The highest BCUT2D eigenvalue weighted by Gasteiger charge is 2.37. The van der Waals surface area contributed by atoms with Crippen molar-refractivity contribution in [3.8, 4) is 0 Å². The number of fused-ring (bicyclic) bond motifs is 1. The van der Waals surface area contributed by atoms with Crippen LogP contribution in [0.15, 0.2) is 24.3 Å². The Bertz CT molecular complexity index is 421. The summed E-state index contributed by atoms with van der Waals surface area (Å²) in [5, 5.41) is 3.77. The fourth-order valence-corrected chi connectivity index (χ4v) is 3.45. The Balaban J connectivity index is 1.69. The number of hydrogen-bond acceptors (Lipinski definition) is 3. The Kier molecular flexibility index (Phi) is 4.04. The van der Waals surface area contributed by atoms with Gasteiger partial charge >= 0.3 is 0 Å². The van der Waals surface area contributed by atoms with Gasteiger partial charge in [-0.25, -0.2) is 0 Å². The van der Waals surface area contributed by atoms with Gasteiger partial charge in [-0.2, -0.15) is 0 Å². The van der Waals surface area contributed by atoms with E-state index in [0.717, 1.165) is 12.6 Å². The van der Waals surface area contributed by atoms with Gasteiger partial charge in [0.1, 0.15) is 0 Å². The normalized spacial score (nSPS) is 26.6. The first-order chi connectivity index (χ1) is 9.38. The van der Waals surface area contributed by atoms with E-state index in [1.807, 2.05) is 6.92 Å². The predicted octanol–water partition coefficient (Wildman–Crippen LogP) is 2.87. The third kappa shape index (κ3) is 2.77. The molecular weight excluding hydrogens is 236 g/mol. The number of nitrogens with one attached hydrogen (secondary N) is 1. The largest absolute Gasteiger partial charge is 0.380 e. The molecule has 2 atom stereocenters. The molecule has 0 aliphatic carbocycles. The molecule has 2 fully saturated rings. The molecule has 3 nitrogen and oxygen atoms in total. The fraction of sp³-hybridized carbons (Fsp3) is 0.625. The van der Waals surface area contributed by atoms with Gasteiger partial charge in [0.15, 0.2) is 0 Å². The van der Waals surface area contributed by atoms with Gasteiger partial charge in [0, 0.05) is 36.5 Å². The zero-order valence-corrected chi connectivity index (χ0v) is 11.8. The minimum absolute atomic E-state index is 0.616. The SMILES string of the molecule is CCOCc1ccccc1NC1CCN2CCCC12. The molecule has 1 N–H and O–H groups in total. The molecule has 3 rings (SSSR count). The summed E-state index contributed by atoms with van der Waals surface area (Å²) in [6, 6.07) is 9.92. The molecule has 0 bridgehead atoms. The molecule has 2 aliphatic rings. The zero-order valence-electron chi connectivity index (χ0n) is 11.8. The summed E-state index contributed by atoms with van der Waals surface area (Å²) in [7, 11) is 0. The smallest absolute Gasteiger partial charge is 0.0736 e. The van der Waals surface area contributed by atoms with E-state index < -0.39 is 0 Å². The molecule has 3 heteroatoms. The van der Waals surface area contributed by atoms with Crippen molar-refractivity contribution in [1.29, 1.82) is 0 Å². The van der Waals surface area contributed by atoms with E-state index in [4.69, 9.17) is 4.74 Å². The molecule has 1 aromatic rings. The summed E-state index contributed by atoms with van der Waals surface area (Å²) < 4.78 is 5.56. The van der Waals surface area contributed by atoms with E-state index in [2.05, 4.69) is 34.5 Å². The molecule has 104 valence electrons. The first-order valence-corrected chi connectivity index (χ1v) is 7.54. The highest BCUT2D eigenvalue weighted by molar-refractivity contribution is 5.52. The van der Waals surface area contributed by atoms with Crippen LogP contribution >= 0.6 is 0 Å². The van der Waals surface area contributed by atoms with Crippen LogP contribution in [0.2, 0.25) is 0 Å². The van der Waals surface area contributed by atoms with Crippen LogP contribution in [0, 0.1) is 0 Å². The second-order valence-electron chi connectivity index (χ2n) is 5.58. The molecule has 2 heterocycles. The summed E-state index contributed by atoms with van der Waals surface area (Å²) in [6.07, 6.45) is 3.99. The monoisotopic (exact) mass is 260 g/mol. The molecule has 0 aromatic heterocycles. The van der Waals surface area contributed by atoms with E-state index in [-0.39, 0.29) is 0 Å². The average Bonchev–Trinajstić information content (AvgIpc) is 3.03. The Labute approximate surface area is 115 Å². The molecule has 2 saturated heterocycles. The number of anilines is 1. The van der Waals surface area contributed by atoms with Gasteiger partial charge < -0.3 is 10.1 Å². The zero-order chi connectivity index (χ0) is 13.1. The number of para-hydroxylation sites is 1. The van der Waals surface area contributed by atoms with Crippen molar-refractivity contribution in [2.75, 3.05) is 25.0 Å². The number of nitrogens with zero attached hydrogens (tertiary/aromatic N) is 1.